The molecule has 4 rings (SSSR count). The summed E-state index contributed by atoms with van der Waals surface area (Å²) in [7, 11) is -7.36. The molecule has 1 N–H and O–H groups in total. The van der Waals surface area contributed by atoms with E-state index in [2.05, 4.69) is 20.2 Å². The minimum Gasteiger partial charge on any atom is -0.744 e. The molecule has 2 heterocycles. The summed E-state index contributed by atoms with van der Waals surface area (Å²) >= 11 is 0. The second kappa shape index (κ2) is 17.5. The molecular formula is C35H43KN6O7S2. The molecule has 13 nitrogen and oxygen atoms in total. The van der Waals surface area contributed by atoms with Crippen molar-refractivity contribution in [3.8, 4) is 0 Å². The molecule has 0 atom stereocenters. The minimum absolute atomic E-state index is 0. The number of benzene rings is 2. The summed E-state index contributed by atoms with van der Waals surface area (Å²) in [5.74, 6) is -0.0573. The van der Waals surface area contributed by atoms with Crippen LogP contribution in [0, 0.1) is 0 Å². The zero-order chi connectivity index (χ0) is 36.9. The van der Waals surface area contributed by atoms with Gasteiger partial charge in [-0.25, -0.2) is 16.8 Å². The summed E-state index contributed by atoms with van der Waals surface area (Å²) in [5.41, 5.74) is 12.1. The van der Waals surface area contributed by atoms with Crippen molar-refractivity contribution in [3.05, 3.63) is 94.0 Å². The molecule has 0 spiro atoms. The third-order valence-corrected chi connectivity index (χ3v) is 10.9. The number of azide groups is 1. The van der Waals surface area contributed by atoms with Crippen LogP contribution in [0.2, 0.25) is 0 Å². The molecule has 0 saturated heterocycles. The Hall–Kier alpha value is -2.63. The maximum atomic E-state index is 12.2. The molecule has 0 bridgehead atoms. The van der Waals surface area contributed by atoms with Crippen molar-refractivity contribution in [1.29, 1.82) is 0 Å². The van der Waals surface area contributed by atoms with Crippen molar-refractivity contribution in [2.45, 2.75) is 80.4 Å². The molecule has 268 valence electrons. The first-order valence-electron chi connectivity index (χ1n) is 16.3. The summed E-state index contributed by atoms with van der Waals surface area (Å²) in [4.78, 5) is 16.4. The number of anilines is 1. The standard InChI is InChI=1S/C35H44N6O7S2.K/c1-34(2)27-23-25(49(43,44)45)16-18-29(27)40(5)31(34)13-8-6-9-14-32-35(3,4)28-24-26(50(46,47)48)17-19-30(28)41(32)22-11-7-10-15-33(42)37-20-12-21-38-39-36;/h6,8-9,13-14,16-19,23-24H,7,10-12,15,20-22H2,1-5H3,(H2-,37,42,43,44,45,46,47,48);/q;+1/p-1. The maximum absolute atomic E-state index is 12.2. The van der Waals surface area contributed by atoms with Crippen molar-refractivity contribution in [3.63, 3.8) is 0 Å². The van der Waals surface area contributed by atoms with Gasteiger partial charge < -0.3 is 19.3 Å². The molecule has 0 unspecified atom stereocenters. The number of rotatable bonds is 15. The Morgan fingerprint density at radius 3 is 2.22 bits per heavy atom. The number of unbranched alkanes of at least 4 members (excludes halogenated alkanes) is 2. The van der Waals surface area contributed by atoms with Crippen molar-refractivity contribution in [2.75, 3.05) is 31.6 Å². The first-order valence-corrected chi connectivity index (χ1v) is 19.1. The van der Waals surface area contributed by atoms with Crippen LogP contribution in [-0.4, -0.2) is 68.8 Å². The Morgan fingerprint density at radius 2 is 1.57 bits per heavy atom. The van der Waals surface area contributed by atoms with Crippen molar-refractivity contribution in [2.24, 2.45) is 5.11 Å². The van der Waals surface area contributed by atoms with Crippen LogP contribution in [0.15, 0.2) is 87.4 Å². The molecule has 0 saturated carbocycles. The van der Waals surface area contributed by atoms with Gasteiger partial charge in [0.25, 0.3) is 0 Å². The SMILES string of the molecule is C[N+]1=C(/C=C/C=C/C=C2N(CCCCCC(=O)NCCCN=[N+]=[N-])c3ccc(S(=O)(=O)[O-])cc3C2(C)C)C(C)(C)c2cc(S(=O)(=O)[O-])ccc21.[K+]. The number of carbonyl (C=O) groups is 1. The number of amides is 1. The predicted molar refractivity (Wildman–Crippen MR) is 190 cm³/mol. The number of hydrogen-bond donors (Lipinski definition) is 1. The van der Waals surface area contributed by atoms with E-state index in [1.165, 1.54) is 24.3 Å². The molecule has 2 aliphatic rings. The minimum atomic E-state index is -4.65. The van der Waals surface area contributed by atoms with Crippen LogP contribution in [0.25, 0.3) is 10.4 Å². The molecule has 1 amide bonds. The summed E-state index contributed by atoms with van der Waals surface area (Å²) in [6.45, 7) is 9.29. The topological polar surface area (TPSA) is 199 Å². The third kappa shape index (κ3) is 10.1. The van der Waals surface area contributed by atoms with Gasteiger partial charge in [-0.1, -0.05) is 43.6 Å². The average Bonchev–Trinajstić information content (AvgIpc) is 3.37. The number of nitrogens with one attached hydrogen (secondary N) is 1. The third-order valence-electron chi connectivity index (χ3n) is 9.28. The fourth-order valence-corrected chi connectivity index (χ4v) is 7.62. The van der Waals surface area contributed by atoms with Crippen molar-refractivity contribution >= 4 is 43.2 Å². The fourth-order valence-electron chi connectivity index (χ4n) is 6.62. The van der Waals surface area contributed by atoms with E-state index in [0.29, 0.717) is 38.9 Å². The van der Waals surface area contributed by atoms with E-state index in [4.69, 9.17) is 5.53 Å². The average molecular weight is 763 g/mol. The molecule has 51 heavy (non-hydrogen) atoms. The van der Waals surface area contributed by atoms with E-state index in [0.717, 1.165) is 46.8 Å². The molecule has 16 heteroatoms. The first kappa shape index (κ1) is 42.8. The van der Waals surface area contributed by atoms with Gasteiger partial charge in [0.15, 0.2) is 5.71 Å². The van der Waals surface area contributed by atoms with Crippen LogP contribution >= 0.6 is 0 Å². The number of fused-ring (bicyclic) bond motifs is 2. The van der Waals surface area contributed by atoms with Crippen LogP contribution in [-0.2, 0) is 35.9 Å². The Bertz CT molecular complexity index is 2050. The molecule has 2 aliphatic heterocycles. The number of carbonyl (C=O) groups excluding carboxylic acids is 1. The van der Waals surface area contributed by atoms with Crippen molar-refractivity contribution < 1.29 is 86.7 Å². The smallest absolute Gasteiger partial charge is 0.744 e. The summed E-state index contributed by atoms with van der Waals surface area (Å²) in [6, 6.07) is 8.88. The second-order valence-corrected chi connectivity index (χ2v) is 16.1. The molecule has 2 aromatic rings. The Labute approximate surface area is 343 Å². The summed E-state index contributed by atoms with van der Waals surface area (Å²) < 4.78 is 72.6. The van der Waals surface area contributed by atoms with Gasteiger partial charge in [0, 0.05) is 65.5 Å². The van der Waals surface area contributed by atoms with Crippen LogP contribution in [0.3, 0.4) is 0 Å². The number of allylic oxidation sites excluding steroid dienone is 6. The van der Waals surface area contributed by atoms with Gasteiger partial charge in [-0.3, -0.25) is 4.79 Å². The Kier molecular flexibility index (Phi) is 14.6. The fraction of sp³-hybridized carbons (Fsp3) is 0.429. The molecule has 0 aliphatic carbocycles. The maximum Gasteiger partial charge on any atom is 1.00 e. The van der Waals surface area contributed by atoms with Crippen LogP contribution in [0.4, 0.5) is 11.4 Å². The first-order chi connectivity index (χ1) is 23.4. The van der Waals surface area contributed by atoms with E-state index in [1.807, 2.05) is 69.7 Å². The van der Waals surface area contributed by atoms with Gasteiger partial charge in [-0.2, -0.15) is 4.58 Å². The largest absolute Gasteiger partial charge is 1.00 e. The molecule has 2 aromatic carbocycles. The quantitative estimate of drug-likeness (QED) is 0.0418. The summed E-state index contributed by atoms with van der Waals surface area (Å²) in [5, 5.41) is 6.28. The van der Waals surface area contributed by atoms with Crippen LogP contribution in [0.5, 0.6) is 0 Å². The monoisotopic (exact) mass is 762 g/mol. The van der Waals surface area contributed by atoms with Gasteiger partial charge >= 0.3 is 51.4 Å². The predicted octanol–water partition coefficient (Wildman–Crippen LogP) is 2.68. The molecular weight excluding hydrogens is 720 g/mol. The second-order valence-electron chi connectivity index (χ2n) is 13.4. The van der Waals surface area contributed by atoms with E-state index in [9.17, 15) is 30.7 Å². The van der Waals surface area contributed by atoms with Gasteiger partial charge in [0.05, 0.1) is 15.2 Å². The van der Waals surface area contributed by atoms with E-state index in [1.54, 1.807) is 12.1 Å². The normalized spacial score (nSPS) is 17.1. The Morgan fingerprint density at radius 1 is 0.922 bits per heavy atom. The van der Waals surface area contributed by atoms with Gasteiger partial charge in [0.1, 0.15) is 27.3 Å². The van der Waals surface area contributed by atoms with E-state index >= 15 is 0 Å². The summed E-state index contributed by atoms with van der Waals surface area (Å²) in [6.07, 6.45) is 12.7. The Balaban J connectivity index is 0.00000702. The van der Waals surface area contributed by atoms with E-state index in [-0.39, 0.29) is 67.1 Å². The molecule has 0 radical (unpaired) electrons. The zero-order valence-electron chi connectivity index (χ0n) is 29.9. The molecule has 0 aromatic heterocycles. The molecule has 0 fully saturated rings. The van der Waals surface area contributed by atoms with Crippen molar-refractivity contribution in [1.82, 2.24) is 5.32 Å². The van der Waals surface area contributed by atoms with Gasteiger partial charge in [-0.15, -0.1) is 0 Å². The van der Waals surface area contributed by atoms with Gasteiger partial charge in [-0.05, 0) is 80.6 Å². The number of hydrogen-bond acceptors (Lipinski definition) is 9. The van der Waals surface area contributed by atoms with Crippen LogP contribution in [0.1, 0.15) is 70.9 Å². The van der Waals surface area contributed by atoms with Gasteiger partial charge in [0.2, 0.25) is 11.6 Å². The van der Waals surface area contributed by atoms with Crippen LogP contribution < -0.4 is 61.6 Å². The zero-order valence-corrected chi connectivity index (χ0v) is 34.7. The number of nitrogens with zero attached hydrogens (tertiary/aromatic N) is 5. The van der Waals surface area contributed by atoms with E-state index < -0.39 is 31.1 Å².